The molecule has 0 aromatic heterocycles. The molecule has 1 fully saturated rings. The molecule has 0 saturated carbocycles. The van der Waals surface area contributed by atoms with E-state index in [4.69, 9.17) is 9.47 Å². The zero-order valence-electron chi connectivity index (χ0n) is 40.9. The summed E-state index contributed by atoms with van der Waals surface area (Å²) in [5.41, 5.74) is -0.566. The Bertz CT molecular complexity index is 1900. The third-order valence-corrected chi connectivity index (χ3v) is 13.4. The van der Waals surface area contributed by atoms with E-state index in [9.17, 15) is 43.5 Å². The first-order valence-corrected chi connectivity index (χ1v) is 23.2. The number of carbonyl (C=O) groups excluding carboxylic acids is 7. The van der Waals surface area contributed by atoms with Crippen LogP contribution in [0.1, 0.15) is 105 Å². The van der Waals surface area contributed by atoms with Gasteiger partial charge in [-0.2, -0.15) is 0 Å². The molecule has 1 aromatic rings. The van der Waals surface area contributed by atoms with E-state index in [1.807, 2.05) is 33.8 Å². The summed E-state index contributed by atoms with van der Waals surface area (Å²) in [4.78, 5) is 115. The molecule has 2 aliphatic heterocycles. The van der Waals surface area contributed by atoms with E-state index in [-0.39, 0.29) is 67.2 Å². The molecule has 0 radical (unpaired) electrons. The van der Waals surface area contributed by atoms with E-state index >= 15 is 0 Å². The standard InChI is InChI=1S/C49H74N6O11/c1-12-32(4)43(38(65-10)29-42(59)54-27-19-22-37(54)44(66-11)33(5)45(60)51-36(47(62)63)28-34-20-15-13-16-21-34)52(8)46(61)35(31(2)3)30-50-48(64)49(6,7)53(9)39(56)23-17-14-18-26-55-40(57)24-25-41(55)58/h13,15-16,20-21,24-25,30-33,35-38,43-44H,12,14,17-19,22-23,26-29H2,1-11H3,(H,51,60)(H,62,63)/t32-,33+,35?,36-,37-,38+,43-,44+/m0/s1. The van der Waals surface area contributed by atoms with Crippen LogP contribution in [0.15, 0.2) is 47.5 Å². The number of nitrogens with zero attached hydrogens (tertiary/aromatic N) is 5. The van der Waals surface area contributed by atoms with Gasteiger partial charge in [-0.3, -0.25) is 38.5 Å². The van der Waals surface area contributed by atoms with Gasteiger partial charge in [-0.25, -0.2) is 9.79 Å². The average molecular weight is 923 g/mol. The minimum Gasteiger partial charge on any atom is -0.480 e. The SMILES string of the molecule is CC[C@H](C)[C@@H]([C@@H](CC(=O)N1CCC[C@H]1[C@H](OC)[C@@H](C)C(=O)N[C@@H](Cc1ccccc1)C(=O)O)OC)N(C)C(=O)C(C=NC(=O)C(C)(C)N(C)C(=O)CCCCCN1C(=O)C=CC1=O)C(C)C. The highest BCUT2D eigenvalue weighted by molar-refractivity contribution is 6.12. The Kier molecular flexibility index (Phi) is 21.3. The highest BCUT2D eigenvalue weighted by Crippen LogP contribution is 2.30. The Morgan fingerprint density at radius 2 is 1.59 bits per heavy atom. The summed E-state index contributed by atoms with van der Waals surface area (Å²) in [6.07, 6.45) is 6.09. The van der Waals surface area contributed by atoms with Gasteiger partial charge < -0.3 is 34.6 Å². The number of carboxylic acid groups (broad SMARTS) is 1. The quantitative estimate of drug-likeness (QED) is 0.0760. The molecule has 2 aliphatic rings. The summed E-state index contributed by atoms with van der Waals surface area (Å²) in [7, 11) is 6.17. The molecule has 1 aromatic carbocycles. The molecular weight excluding hydrogens is 849 g/mol. The van der Waals surface area contributed by atoms with Gasteiger partial charge in [-0.1, -0.05) is 77.8 Å². The lowest BCUT2D eigenvalue weighted by Gasteiger charge is -2.40. The topological polar surface area (TPSA) is 213 Å². The lowest BCUT2D eigenvalue weighted by Crippen LogP contribution is -2.55. The maximum atomic E-state index is 14.4. The number of aliphatic imine (C=N–C) groups is 1. The summed E-state index contributed by atoms with van der Waals surface area (Å²) < 4.78 is 11.9. The normalized spacial score (nSPS) is 18.5. The van der Waals surface area contributed by atoms with Gasteiger partial charge in [0.05, 0.1) is 42.5 Å². The third-order valence-electron chi connectivity index (χ3n) is 13.4. The smallest absolute Gasteiger partial charge is 0.326 e. The van der Waals surface area contributed by atoms with Crippen LogP contribution in [0.25, 0.3) is 0 Å². The minimum absolute atomic E-state index is 0.0719. The van der Waals surface area contributed by atoms with Gasteiger partial charge in [0.2, 0.25) is 23.6 Å². The number of hydrogen-bond donors (Lipinski definition) is 2. The molecule has 3 rings (SSSR count). The van der Waals surface area contributed by atoms with Crippen molar-refractivity contribution >= 4 is 53.5 Å². The van der Waals surface area contributed by atoms with Crippen LogP contribution in [-0.2, 0) is 54.3 Å². The Morgan fingerprint density at radius 1 is 0.955 bits per heavy atom. The van der Waals surface area contributed by atoms with Gasteiger partial charge in [-0.05, 0) is 56.9 Å². The van der Waals surface area contributed by atoms with Crippen LogP contribution in [0.2, 0.25) is 0 Å². The van der Waals surface area contributed by atoms with Crippen molar-refractivity contribution in [1.29, 1.82) is 0 Å². The Labute approximate surface area is 390 Å². The molecule has 1 unspecified atom stereocenters. The molecule has 17 heteroatoms. The molecule has 17 nitrogen and oxygen atoms in total. The van der Waals surface area contributed by atoms with Crippen molar-refractivity contribution in [2.24, 2.45) is 28.7 Å². The van der Waals surface area contributed by atoms with Gasteiger partial charge in [0.25, 0.3) is 17.7 Å². The third kappa shape index (κ3) is 14.4. The van der Waals surface area contributed by atoms with Crippen molar-refractivity contribution in [2.75, 3.05) is 41.4 Å². The van der Waals surface area contributed by atoms with E-state index in [0.29, 0.717) is 45.1 Å². The fourth-order valence-electron chi connectivity index (χ4n) is 8.72. The molecule has 2 heterocycles. The number of ether oxygens (including phenoxy) is 2. The molecule has 1 saturated heterocycles. The minimum atomic E-state index is -1.33. The van der Waals surface area contributed by atoms with Crippen LogP contribution < -0.4 is 5.32 Å². The highest BCUT2D eigenvalue weighted by atomic mass is 16.5. The van der Waals surface area contributed by atoms with E-state index in [0.717, 1.165) is 10.5 Å². The molecule has 8 atom stereocenters. The van der Waals surface area contributed by atoms with Crippen molar-refractivity contribution in [1.82, 2.24) is 24.9 Å². The molecule has 66 heavy (non-hydrogen) atoms. The average Bonchev–Trinajstić information content (AvgIpc) is 3.90. The Morgan fingerprint density at radius 3 is 2.15 bits per heavy atom. The van der Waals surface area contributed by atoms with Gasteiger partial charge in [0.1, 0.15) is 11.6 Å². The number of benzene rings is 1. The van der Waals surface area contributed by atoms with Crippen molar-refractivity contribution < 1.29 is 52.9 Å². The number of carbonyl (C=O) groups is 8. The summed E-state index contributed by atoms with van der Waals surface area (Å²) >= 11 is 0. The van der Waals surface area contributed by atoms with Crippen LogP contribution >= 0.6 is 0 Å². The predicted octanol–water partition coefficient (Wildman–Crippen LogP) is 4.31. The molecule has 2 N–H and O–H groups in total. The van der Waals surface area contributed by atoms with E-state index in [1.54, 1.807) is 61.9 Å². The molecule has 0 bridgehead atoms. The maximum Gasteiger partial charge on any atom is 0.326 e. The Hall–Kier alpha value is -5.29. The number of amides is 7. The van der Waals surface area contributed by atoms with Gasteiger partial charge >= 0.3 is 5.97 Å². The fourth-order valence-corrected chi connectivity index (χ4v) is 8.72. The molecule has 7 amide bonds. The number of likely N-dealkylation sites (tertiary alicyclic amines) is 1. The number of hydrogen-bond acceptors (Lipinski definition) is 10. The van der Waals surface area contributed by atoms with Gasteiger partial charge in [0, 0.05) is 72.6 Å². The van der Waals surface area contributed by atoms with Crippen molar-refractivity contribution in [3.63, 3.8) is 0 Å². The molecular formula is C49H74N6O11. The second-order valence-corrected chi connectivity index (χ2v) is 18.5. The zero-order valence-corrected chi connectivity index (χ0v) is 40.9. The summed E-state index contributed by atoms with van der Waals surface area (Å²) in [5, 5.41) is 12.6. The second-order valence-electron chi connectivity index (χ2n) is 18.5. The highest BCUT2D eigenvalue weighted by Gasteiger charge is 2.43. The van der Waals surface area contributed by atoms with Crippen molar-refractivity contribution in [2.45, 2.75) is 142 Å². The first-order valence-electron chi connectivity index (χ1n) is 23.2. The van der Waals surface area contributed by atoms with E-state index < -0.39 is 65.5 Å². The number of unbranched alkanes of at least 4 members (excludes halogenated alkanes) is 2. The first-order chi connectivity index (χ1) is 31.1. The fraction of sp³-hybridized carbons (Fsp3) is 0.653. The van der Waals surface area contributed by atoms with Crippen LogP contribution in [0.3, 0.4) is 0 Å². The molecule has 0 spiro atoms. The maximum absolute atomic E-state index is 14.4. The van der Waals surface area contributed by atoms with Gasteiger partial charge in [-0.15, -0.1) is 0 Å². The van der Waals surface area contributed by atoms with E-state index in [1.165, 1.54) is 44.5 Å². The number of rotatable bonds is 26. The zero-order chi connectivity index (χ0) is 49.5. The van der Waals surface area contributed by atoms with Crippen LogP contribution in [0.5, 0.6) is 0 Å². The number of nitrogens with one attached hydrogen (secondary N) is 1. The predicted molar refractivity (Wildman–Crippen MR) is 249 cm³/mol. The number of aliphatic carboxylic acids is 1. The van der Waals surface area contributed by atoms with Crippen LogP contribution in [0.4, 0.5) is 0 Å². The number of carboxylic acids is 1. The summed E-state index contributed by atoms with van der Waals surface area (Å²) in [6, 6.07) is 6.84. The van der Waals surface area contributed by atoms with E-state index in [2.05, 4.69) is 10.3 Å². The van der Waals surface area contributed by atoms with Crippen molar-refractivity contribution in [3.8, 4) is 0 Å². The first kappa shape index (κ1) is 55.0. The lowest BCUT2D eigenvalue weighted by molar-refractivity contribution is -0.147. The van der Waals surface area contributed by atoms with Gasteiger partial charge in [0.15, 0.2) is 0 Å². The second kappa shape index (κ2) is 25.6. The Balaban J connectivity index is 1.69. The van der Waals surface area contributed by atoms with Crippen LogP contribution in [0, 0.1) is 23.7 Å². The summed E-state index contributed by atoms with van der Waals surface area (Å²) in [5.74, 6) is -5.80. The van der Waals surface area contributed by atoms with Crippen molar-refractivity contribution in [3.05, 3.63) is 48.0 Å². The summed E-state index contributed by atoms with van der Waals surface area (Å²) in [6.45, 7) is 13.2. The van der Waals surface area contributed by atoms with Crippen LogP contribution in [-0.4, -0.2) is 156 Å². The lowest BCUT2D eigenvalue weighted by atomic mass is 9.88. The number of imide groups is 1. The molecule has 0 aliphatic carbocycles. The number of likely N-dealkylation sites (N-methyl/N-ethyl adjacent to an activating group) is 2. The largest absolute Gasteiger partial charge is 0.480 e. The number of methoxy groups -OCH3 is 2. The molecule has 366 valence electrons. The monoisotopic (exact) mass is 923 g/mol.